The summed E-state index contributed by atoms with van der Waals surface area (Å²) < 4.78 is 0. The van der Waals surface area contributed by atoms with Crippen molar-refractivity contribution in [3.05, 3.63) is 96.1 Å². The molecule has 0 unspecified atom stereocenters. The molecule has 0 fully saturated rings. The van der Waals surface area contributed by atoms with Crippen molar-refractivity contribution in [1.82, 2.24) is 5.32 Å². The predicted molar refractivity (Wildman–Crippen MR) is 117 cm³/mol. The van der Waals surface area contributed by atoms with Crippen LogP contribution in [0.4, 0.5) is 5.69 Å². The van der Waals surface area contributed by atoms with E-state index < -0.39 is 0 Å². The number of nitrogens with zero attached hydrogens (tertiary/aromatic N) is 1. The van der Waals surface area contributed by atoms with E-state index in [0.717, 1.165) is 21.7 Å². The summed E-state index contributed by atoms with van der Waals surface area (Å²) in [5, 5.41) is 3.04. The van der Waals surface area contributed by atoms with Crippen molar-refractivity contribution in [3.63, 3.8) is 0 Å². The average Bonchev–Trinajstić information content (AvgIpc) is 2.77. The summed E-state index contributed by atoms with van der Waals surface area (Å²) in [7, 11) is 0. The van der Waals surface area contributed by atoms with Gasteiger partial charge in [-0.25, -0.2) is 0 Å². The SMILES string of the molecule is O=C(CN1C(=O)CSc2ccccc21)NCC(c1ccccc1)c1ccccc1. The maximum absolute atomic E-state index is 12.7. The summed E-state index contributed by atoms with van der Waals surface area (Å²) in [6, 6.07) is 28.0. The second kappa shape index (κ2) is 8.97. The maximum atomic E-state index is 12.7. The molecule has 29 heavy (non-hydrogen) atoms. The fourth-order valence-corrected chi connectivity index (χ4v) is 4.48. The molecule has 0 radical (unpaired) electrons. The van der Waals surface area contributed by atoms with E-state index in [9.17, 15) is 9.59 Å². The lowest BCUT2D eigenvalue weighted by Crippen LogP contribution is -2.44. The first-order valence-corrected chi connectivity index (χ1v) is 10.6. The molecule has 0 aromatic heterocycles. The summed E-state index contributed by atoms with van der Waals surface area (Å²) >= 11 is 1.52. The molecule has 2 amide bonds. The van der Waals surface area contributed by atoms with Crippen LogP contribution < -0.4 is 10.2 Å². The zero-order valence-electron chi connectivity index (χ0n) is 16.0. The maximum Gasteiger partial charge on any atom is 0.240 e. The van der Waals surface area contributed by atoms with E-state index >= 15 is 0 Å². The van der Waals surface area contributed by atoms with Crippen LogP contribution in [0.1, 0.15) is 17.0 Å². The Bertz CT molecular complexity index is 953. The van der Waals surface area contributed by atoms with Gasteiger partial charge in [0.1, 0.15) is 6.54 Å². The van der Waals surface area contributed by atoms with Gasteiger partial charge >= 0.3 is 0 Å². The molecule has 0 aliphatic carbocycles. The molecule has 0 atom stereocenters. The molecule has 1 aliphatic heterocycles. The van der Waals surface area contributed by atoms with Gasteiger partial charge in [0.05, 0.1) is 11.4 Å². The lowest BCUT2D eigenvalue weighted by atomic mass is 9.91. The number of fused-ring (bicyclic) bond motifs is 1. The minimum Gasteiger partial charge on any atom is -0.354 e. The van der Waals surface area contributed by atoms with Gasteiger partial charge in [0.15, 0.2) is 0 Å². The lowest BCUT2D eigenvalue weighted by Gasteiger charge is -2.28. The topological polar surface area (TPSA) is 49.4 Å². The van der Waals surface area contributed by atoms with Crippen molar-refractivity contribution < 1.29 is 9.59 Å². The van der Waals surface area contributed by atoms with Crippen LogP contribution in [0.25, 0.3) is 0 Å². The van der Waals surface area contributed by atoms with Gasteiger partial charge in [0.2, 0.25) is 11.8 Å². The number of benzene rings is 3. The van der Waals surface area contributed by atoms with Gasteiger partial charge in [-0.3, -0.25) is 9.59 Å². The van der Waals surface area contributed by atoms with E-state index in [0.29, 0.717) is 12.3 Å². The monoisotopic (exact) mass is 402 g/mol. The van der Waals surface area contributed by atoms with Crippen LogP contribution >= 0.6 is 11.8 Å². The fraction of sp³-hybridized carbons (Fsp3) is 0.167. The molecule has 146 valence electrons. The zero-order valence-corrected chi connectivity index (χ0v) is 16.8. The molecule has 5 heteroatoms. The molecular weight excluding hydrogens is 380 g/mol. The van der Waals surface area contributed by atoms with E-state index in [1.807, 2.05) is 60.7 Å². The molecule has 4 nitrogen and oxygen atoms in total. The number of amides is 2. The standard InChI is InChI=1S/C24H22N2O2S/c27-23(16-26-21-13-7-8-14-22(21)29-17-24(26)28)25-15-20(18-9-3-1-4-10-18)19-11-5-2-6-12-19/h1-14,20H,15-17H2,(H,25,27). The van der Waals surface area contributed by atoms with Crippen LogP contribution in [0.5, 0.6) is 0 Å². The number of para-hydroxylation sites is 1. The molecule has 0 saturated carbocycles. The Kier molecular flexibility index (Phi) is 5.96. The molecular formula is C24H22N2O2S. The smallest absolute Gasteiger partial charge is 0.240 e. The lowest BCUT2D eigenvalue weighted by molar-refractivity contribution is -0.123. The quantitative estimate of drug-likeness (QED) is 0.676. The molecule has 0 spiro atoms. The van der Waals surface area contributed by atoms with Crippen molar-refractivity contribution in [3.8, 4) is 0 Å². The summed E-state index contributed by atoms with van der Waals surface area (Å²) in [5.74, 6) is 0.228. The molecule has 4 rings (SSSR count). The molecule has 1 heterocycles. The average molecular weight is 403 g/mol. The van der Waals surface area contributed by atoms with Gasteiger partial charge < -0.3 is 10.2 Å². The number of thioether (sulfide) groups is 1. The Labute approximate surface area is 174 Å². The highest BCUT2D eigenvalue weighted by atomic mass is 32.2. The minimum absolute atomic E-state index is 0.0344. The third-order valence-corrected chi connectivity index (χ3v) is 6.06. The first-order chi connectivity index (χ1) is 14.2. The molecule has 0 bridgehead atoms. The van der Waals surface area contributed by atoms with Crippen molar-refractivity contribution in [2.45, 2.75) is 10.8 Å². The second-order valence-electron chi connectivity index (χ2n) is 6.91. The Morgan fingerprint density at radius 2 is 1.48 bits per heavy atom. The van der Waals surface area contributed by atoms with Crippen molar-refractivity contribution >= 4 is 29.3 Å². The zero-order chi connectivity index (χ0) is 20.1. The first-order valence-electron chi connectivity index (χ1n) is 9.61. The highest BCUT2D eigenvalue weighted by molar-refractivity contribution is 8.00. The van der Waals surface area contributed by atoms with E-state index in [-0.39, 0.29) is 24.3 Å². The van der Waals surface area contributed by atoms with Gasteiger partial charge in [0, 0.05) is 17.4 Å². The summed E-state index contributed by atoms with van der Waals surface area (Å²) in [4.78, 5) is 27.7. The molecule has 3 aromatic rings. The van der Waals surface area contributed by atoms with Crippen LogP contribution in [-0.2, 0) is 9.59 Å². The normalized spacial score (nSPS) is 13.3. The van der Waals surface area contributed by atoms with Gasteiger partial charge in [-0.15, -0.1) is 11.8 Å². The predicted octanol–water partition coefficient (Wildman–Crippen LogP) is 4.07. The highest BCUT2D eigenvalue weighted by Crippen LogP contribution is 2.34. The minimum atomic E-state index is -0.156. The Hall–Kier alpha value is -3.05. The van der Waals surface area contributed by atoms with Gasteiger partial charge in [0.25, 0.3) is 0 Å². The number of carbonyl (C=O) groups is 2. The largest absolute Gasteiger partial charge is 0.354 e. The summed E-state index contributed by atoms with van der Waals surface area (Å²) in [6.45, 7) is 0.512. The number of carbonyl (C=O) groups excluding carboxylic acids is 2. The van der Waals surface area contributed by atoms with Crippen molar-refractivity contribution in [1.29, 1.82) is 0 Å². The van der Waals surface area contributed by atoms with E-state index in [1.165, 1.54) is 11.8 Å². The number of rotatable bonds is 6. The summed E-state index contributed by atoms with van der Waals surface area (Å²) in [5.41, 5.74) is 3.11. The third kappa shape index (κ3) is 4.51. The number of anilines is 1. The van der Waals surface area contributed by atoms with E-state index in [4.69, 9.17) is 0 Å². The van der Waals surface area contributed by atoms with Crippen molar-refractivity contribution in [2.75, 3.05) is 23.7 Å². The number of hydrogen-bond acceptors (Lipinski definition) is 3. The van der Waals surface area contributed by atoms with Gasteiger partial charge in [-0.2, -0.15) is 0 Å². The highest BCUT2D eigenvalue weighted by Gasteiger charge is 2.26. The summed E-state index contributed by atoms with van der Waals surface area (Å²) in [6.07, 6.45) is 0. The van der Waals surface area contributed by atoms with Gasteiger partial charge in [-0.1, -0.05) is 72.8 Å². The Balaban J connectivity index is 1.47. The Morgan fingerprint density at radius 3 is 2.14 bits per heavy atom. The van der Waals surface area contributed by atoms with Crippen LogP contribution in [0.3, 0.4) is 0 Å². The van der Waals surface area contributed by atoms with Crippen molar-refractivity contribution in [2.24, 2.45) is 0 Å². The molecule has 0 saturated heterocycles. The van der Waals surface area contributed by atoms with E-state index in [2.05, 4.69) is 29.6 Å². The van der Waals surface area contributed by atoms with Crippen LogP contribution in [0, 0.1) is 0 Å². The molecule has 1 aliphatic rings. The molecule has 1 N–H and O–H groups in total. The van der Waals surface area contributed by atoms with Crippen LogP contribution in [-0.4, -0.2) is 30.7 Å². The van der Waals surface area contributed by atoms with Crippen LogP contribution in [0.15, 0.2) is 89.8 Å². The van der Waals surface area contributed by atoms with Crippen LogP contribution in [0.2, 0.25) is 0 Å². The third-order valence-electron chi connectivity index (χ3n) is 5.02. The fourth-order valence-electron chi connectivity index (χ4n) is 3.54. The Morgan fingerprint density at radius 1 is 0.897 bits per heavy atom. The number of hydrogen-bond donors (Lipinski definition) is 1. The second-order valence-corrected chi connectivity index (χ2v) is 7.93. The molecule has 3 aromatic carbocycles. The van der Waals surface area contributed by atoms with E-state index in [1.54, 1.807) is 4.90 Å². The first kappa shape index (κ1) is 19.3. The number of nitrogens with one attached hydrogen (secondary N) is 1. The van der Waals surface area contributed by atoms with Gasteiger partial charge in [-0.05, 0) is 23.3 Å².